The predicted octanol–water partition coefficient (Wildman–Crippen LogP) is 2.78. The van der Waals surface area contributed by atoms with E-state index < -0.39 is 17.8 Å². The summed E-state index contributed by atoms with van der Waals surface area (Å²) in [7, 11) is 1.40. The van der Waals surface area contributed by atoms with Gasteiger partial charge in [0, 0.05) is 5.69 Å². The molecule has 0 amide bonds. The van der Waals surface area contributed by atoms with Gasteiger partial charge in [0.2, 0.25) is 0 Å². The fraction of sp³-hybridized carbons (Fsp3) is 0.133. The normalized spacial score (nSPS) is 11.7. The Labute approximate surface area is 120 Å². The lowest BCUT2D eigenvalue weighted by Crippen LogP contribution is -2.20. The number of halogens is 1. The Morgan fingerprint density at radius 1 is 1.29 bits per heavy atom. The van der Waals surface area contributed by atoms with Crippen molar-refractivity contribution in [1.29, 1.82) is 0 Å². The molecule has 110 valence electrons. The number of benzene rings is 2. The largest absolute Gasteiger partial charge is 0.504 e. The molecule has 0 spiro atoms. The molecule has 2 aromatic carbocycles. The molecule has 6 heteroatoms. The van der Waals surface area contributed by atoms with Gasteiger partial charge in [0.1, 0.15) is 5.82 Å². The lowest BCUT2D eigenvalue weighted by atomic mass is 10.1. The van der Waals surface area contributed by atoms with E-state index in [9.17, 15) is 19.4 Å². The Morgan fingerprint density at radius 3 is 2.62 bits per heavy atom. The van der Waals surface area contributed by atoms with Gasteiger partial charge >= 0.3 is 5.97 Å². The first kappa shape index (κ1) is 14.6. The Morgan fingerprint density at radius 2 is 2.05 bits per heavy atom. The molecule has 0 aliphatic rings. The summed E-state index contributed by atoms with van der Waals surface area (Å²) >= 11 is 0. The molecule has 21 heavy (non-hydrogen) atoms. The second-order valence-electron chi connectivity index (χ2n) is 4.36. The number of aliphatic carboxylic acids is 1. The number of hydrogen-bond acceptors (Lipinski definition) is 4. The number of anilines is 1. The van der Waals surface area contributed by atoms with Crippen LogP contribution in [0.15, 0.2) is 42.5 Å². The van der Waals surface area contributed by atoms with Gasteiger partial charge in [0.05, 0.1) is 7.11 Å². The first-order valence-corrected chi connectivity index (χ1v) is 6.13. The minimum absolute atomic E-state index is 0.165. The van der Waals surface area contributed by atoms with Crippen molar-refractivity contribution in [3.63, 3.8) is 0 Å². The third-order valence-corrected chi connectivity index (χ3v) is 2.92. The maximum atomic E-state index is 13.1. The van der Waals surface area contributed by atoms with Crippen molar-refractivity contribution >= 4 is 11.7 Å². The monoisotopic (exact) mass is 291 g/mol. The Hall–Kier alpha value is -2.76. The fourth-order valence-electron chi connectivity index (χ4n) is 1.92. The topological polar surface area (TPSA) is 78.8 Å². The van der Waals surface area contributed by atoms with Crippen molar-refractivity contribution in [2.75, 3.05) is 12.4 Å². The van der Waals surface area contributed by atoms with E-state index >= 15 is 0 Å². The van der Waals surface area contributed by atoms with E-state index in [4.69, 9.17) is 4.74 Å². The lowest BCUT2D eigenvalue weighted by Gasteiger charge is -2.17. The third kappa shape index (κ3) is 3.42. The summed E-state index contributed by atoms with van der Waals surface area (Å²) in [6, 6.07) is 8.65. The Bertz CT molecular complexity index is 660. The van der Waals surface area contributed by atoms with Gasteiger partial charge in [0.25, 0.3) is 0 Å². The summed E-state index contributed by atoms with van der Waals surface area (Å²) in [4.78, 5) is 11.4. The maximum absolute atomic E-state index is 13.1. The highest BCUT2D eigenvalue weighted by molar-refractivity contribution is 5.79. The van der Waals surface area contributed by atoms with Crippen molar-refractivity contribution in [3.05, 3.63) is 53.8 Å². The van der Waals surface area contributed by atoms with E-state index in [0.717, 1.165) is 0 Å². The summed E-state index contributed by atoms with van der Waals surface area (Å²) in [5.74, 6) is -1.54. The molecule has 2 aromatic rings. The molecule has 2 rings (SSSR count). The summed E-state index contributed by atoms with van der Waals surface area (Å²) in [5, 5.41) is 21.7. The molecule has 0 saturated heterocycles. The molecule has 5 nitrogen and oxygen atoms in total. The van der Waals surface area contributed by atoms with Gasteiger partial charge < -0.3 is 20.3 Å². The van der Waals surface area contributed by atoms with Crippen molar-refractivity contribution in [1.82, 2.24) is 0 Å². The average molecular weight is 291 g/mol. The first-order chi connectivity index (χ1) is 10.0. The molecule has 0 heterocycles. The Balaban J connectivity index is 2.31. The smallest absolute Gasteiger partial charge is 0.330 e. The number of phenols is 1. The zero-order chi connectivity index (χ0) is 15.4. The van der Waals surface area contributed by atoms with Crippen LogP contribution in [0.2, 0.25) is 0 Å². The number of methoxy groups -OCH3 is 1. The van der Waals surface area contributed by atoms with E-state index in [1.807, 2.05) is 0 Å². The van der Waals surface area contributed by atoms with Crippen LogP contribution in [0.3, 0.4) is 0 Å². The number of hydrogen-bond donors (Lipinski definition) is 3. The van der Waals surface area contributed by atoms with Crippen molar-refractivity contribution in [3.8, 4) is 11.5 Å². The molecule has 0 saturated carbocycles. The van der Waals surface area contributed by atoms with E-state index in [1.54, 1.807) is 6.07 Å². The maximum Gasteiger partial charge on any atom is 0.330 e. The second kappa shape index (κ2) is 6.13. The van der Waals surface area contributed by atoms with Gasteiger partial charge in [-0.25, -0.2) is 9.18 Å². The number of carboxylic acids is 1. The molecule has 0 aliphatic heterocycles. The number of carbonyl (C=O) groups is 1. The molecule has 1 atom stereocenters. The lowest BCUT2D eigenvalue weighted by molar-refractivity contribution is -0.138. The van der Waals surface area contributed by atoms with E-state index in [2.05, 4.69) is 5.32 Å². The predicted molar refractivity (Wildman–Crippen MR) is 75.1 cm³/mol. The molecule has 0 fully saturated rings. The minimum Gasteiger partial charge on any atom is -0.504 e. The molecular weight excluding hydrogens is 277 g/mol. The standard InChI is InChI=1S/C15H14FNO4/c1-21-13-6-5-9(7-12(13)18)14(15(19)20)17-11-4-2-3-10(16)8-11/h2-8,14,17-18H,1H3,(H,19,20). The zero-order valence-corrected chi connectivity index (χ0v) is 11.2. The first-order valence-electron chi connectivity index (χ1n) is 6.13. The molecular formula is C15H14FNO4. The average Bonchev–Trinajstić information content (AvgIpc) is 2.44. The molecule has 0 aliphatic carbocycles. The van der Waals surface area contributed by atoms with Crippen LogP contribution in [0.5, 0.6) is 11.5 Å². The quantitative estimate of drug-likeness (QED) is 0.789. The van der Waals surface area contributed by atoms with Gasteiger partial charge in [-0.3, -0.25) is 0 Å². The van der Waals surface area contributed by atoms with Crippen LogP contribution in [-0.2, 0) is 4.79 Å². The van der Waals surface area contributed by atoms with Gasteiger partial charge in [-0.2, -0.15) is 0 Å². The van der Waals surface area contributed by atoms with Crippen LogP contribution in [0, 0.1) is 5.82 Å². The SMILES string of the molecule is COc1ccc(C(Nc2cccc(F)c2)C(=O)O)cc1O. The number of nitrogens with one attached hydrogen (secondary N) is 1. The van der Waals surface area contributed by atoms with Gasteiger partial charge in [-0.15, -0.1) is 0 Å². The summed E-state index contributed by atoms with van der Waals surface area (Å²) in [6.45, 7) is 0. The van der Waals surface area contributed by atoms with Gasteiger partial charge in [-0.1, -0.05) is 12.1 Å². The number of carboxylic acid groups (broad SMARTS) is 1. The van der Waals surface area contributed by atoms with Crippen LogP contribution in [0.25, 0.3) is 0 Å². The van der Waals surface area contributed by atoms with Crippen LogP contribution in [-0.4, -0.2) is 23.3 Å². The highest BCUT2D eigenvalue weighted by atomic mass is 19.1. The Kier molecular flexibility index (Phi) is 4.27. The highest BCUT2D eigenvalue weighted by Crippen LogP contribution is 2.30. The van der Waals surface area contributed by atoms with E-state index in [1.165, 1.54) is 43.5 Å². The molecule has 0 bridgehead atoms. The number of phenolic OH excluding ortho intramolecular Hbond substituents is 1. The molecule has 0 radical (unpaired) electrons. The van der Waals surface area contributed by atoms with Crippen molar-refractivity contribution in [2.24, 2.45) is 0 Å². The van der Waals surface area contributed by atoms with Crippen LogP contribution < -0.4 is 10.1 Å². The number of ether oxygens (including phenoxy) is 1. The van der Waals surface area contributed by atoms with Crippen LogP contribution in [0.4, 0.5) is 10.1 Å². The number of aromatic hydroxyl groups is 1. The van der Waals surface area contributed by atoms with Crippen molar-refractivity contribution in [2.45, 2.75) is 6.04 Å². The summed E-state index contributed by atoms with van der Waals surface area (Å²) in [5.41, 5.74) is 0.655. The molecule has 0 aromatic heterocycles. The van der Waals surface area contributed by atoms with Gasteiger partial charge in [-0.05, 0) is 35.9 Å². The minimum atomic E-state index is -1.15. The van der Waals surface area contributed by atoms with Crippen LogP contribution >= 0.6 is 0 Å². The molecule has 1 unspecified atom stereocenters. The molecule has 3 N–H and O–H groups in total. The fourth-order valence-corrected chi connectivity index (χ4v) is 1.92. The van der Waals surface area contributed by atoms with Crippen molar-refractivity contribution < 1.29 is 24.1 Å². The summed E-state index contributed by atoms with van der Waals surface area (Å²) in [6.07, 6.45) is 0. The third-order valence-electron chi connectivity index (χ3n) is 2.92. The van der Waals surface area contributed by atoms with E-state index in [-0.39, 0.29) is 11.5 Å². The highest BCUT2D eigenvalue weighted by Gasteiger charge is 2.21. The second-order valence-corrected chi connectivity index (χ2v) is 4.36. The summed E-state index contributed by atoms with van der Waals surface area (Å²) < 4.78 is 18.0. The van der Waals surface area contributed by atoms with E-state index in [0.29, 0.717) is 11.3 Å². The zero-order valence-electron chi connectivity index (χ0n) is 11.2. The van der Waals surface area contributed by atoms with Gasteiger partial charge in [0.15, 0.2) is 17.5 Å². The van der Waals surface area contributed by atoms with Crippen LogP contribution in [0.1, 0.15) is 11.6 Å². The number of rotatable bonds is 5.